The van der Waals surface area contributed by atoms with Crippen LogP contribution in [0.4, 0.5) is 5.82 Å². The molecule has 176 valence electrons. The van der Waals surface area contributed by atoms with E-state index in [0.29, 0.717) is 42.5 Å². The number of morpholine rings is 1. The number of methoxy groups -OCH3 is 3. The zero-order valence-electron chi connectivity index (χ0n) is 18.9. The Morgan fingerprint density at radius 2 is 1.85 bits per heavy atom. The molecule has 0 amide bonds. The average molecular weight is 519 g/mol. The van der Waals surface area contributed by atoms with Gasteiger partial charge in [0.05, 0.1) is 27.4 Å². The molecule has 2 aromatic rings. The molecule has 0 saturated carbocycles. The number of hydrogen-bond donors (Lipinski definition) is 0. The lowest BCUT2D eigenvalue weighted by molar-refractivity contribution is -0.136. The van der Waals surface area contributed by atoms with Gasteiger partial charge in [-0.3, -0.25) is 4.79 Å². The van der Waals surface area contributed by atoms with Crippen molar-refractivity contribution in [2.75, 3.05) is 52.5 Å². The van der Waals surface area contributed by atoms with Crippen LogP contribution < -0.4 is 14.4 Å². The number of nitrogens with zero attached hydrogens (tertiary/aromatic N) is 2. The molecule has 0 N–H and O–H groups in total. The predicted molar refractivity (Wildman–Crippen MR) is 127 cm³/mol. The molecule has 2 aliphatic heterocycles. The highest BCUT2D eigenvalue weighted by Crippen LogP contribution is 2.40. The highest BCUT2D eigenvalue weighted by atomic mass is 79.9. The molecule has 0 spiro atoms. The highest BCUT2D eigenvalue weighted by molar-refractivity contribution is 9.10. The lowest BCUT2D eigenvalue weighted by atomic mass is 10.0. The van der Waals surface area contributed by atoms with Crippen LogP contribution >= 0.6 is 15.9 Å². The number of Topliss-reactive ketones (excluding diaryl/α,β-unsaturated/α-hetero) is 1. The second-order valence-corrected chi connectivity index (χ2v) is 8.47. The molecule has 0 aliphatic carbocycles. The van der Waals surface area contributed by atoms with Gasteiger partial charge in [-0.25, -0.2) is 4.98 Å². The first-order valence-corrected chi connectivity index (χ1v) is 11.5. The van der Waals surface area contributed by atoms with E-state index < -0.39 is 12.2 Å². The number of anilines is 1. The first kappa shape index (κ1) is 23.5. The molecule has 2 atom stereocenters. The van der Waals surface area contributed by atoms with Crippen molar-refractivity contribution < 1.29 is 28.5 Å². The van der Waals surface area contributed by atoms with Gasteiger partial charge >= 0.3 is 0 Å². The molecular formula is C24H27BrN2O6. The number of halogens is 1. The van der Waals surface area contributed by atoms with Crippen molar-refractivity contribution >= 4 is 33.3 Å². The molecule has 1 aromatic carbocycles. The third-order valence-electron chi connectivity index (χ3n) is 5.74. The summed E-state index contributed by atoms with van der Waals surface area (Å²) >= 11 is 3.47. The van der Waals surface area contributed by atoms with Crippen LogP contribution in [0.3, 0.4) is 0 Å². The number of ether oxygens (including phenoxy) is 5. The van der Waals surface area contributed by atoms with Crippen LogP contribution in [0.15, 0.2) is 41.0 Å². The molecule has 1 saturated heterocycles. The molecule has 2 aliphatic rings. The maximum atomic E-state index is 13.2. The third-order valence-corrected chi connectivity index (χ3v) is 6.52. The normalized spacial score (nSPS) is 19.0. The zero-order valence-corrected chi connectivity index (χ0v) is 20.5. The topological polar surface area (TPSA) is 79.4 Å². The SMILES string of the molecule is COc1cc(C2=CCC(C(=O)C(OC)c3ccc(N4CCOCC4)nc3)O2)cc(OC)c1Br. The van der Waals surface area contributed by atoms with E-state index in [-0.39, 0.29) is 5.78 Å². The number of benzene rings is 1. The predicted octanol–water partition coefficient (Wildman–Crippen LogP) is 3.78. The van der Waals surface area contributed by atoms with Crippen LogP contribution in [0, 0.1) is 0 Å². The molecule has 0 bridgehead atoms. The van der Waals surface area contributed by atoms with Gasteiger partial charge < -0.3 is 28.6 Å². The Labute approximate surface area is 201 Å². The van der Waals surface area contributed by atoms with Crippen molar-refractivity contribution in [2.45, 2.75) is 18.6 Å². The quantitative estimate of drug-likeness (QED) is 0.522. The molecule has 1 fully saturated rings. The first-order valence-electron chi connectivity index (χ1n) is 10.7. The lowest BCUT2D eigenvalue weighted by Gasteiger charge is -2.28. The van der Waals surface area contributed by atoms with E-state index in [0.717, 1.165) is 28.9 Å². The number of hydrogen-bond acceptors (Lipinski definition) is 8. The van der Waals surface area contributed by atoms with Crippen LogP contribution in [0.5, 0.6) is 11.5 Å². The number of rotatable bonds is 8. The summed E-state index contributed by atoms with van der Waals surface area (Å²) in [6.07, 6.45) is 2.64. The Morgan fingerprint density at radius 1 is 1.15 bits per heavy atom. The van der Waals surface area contributed by atoms with E-state index in [4.69, 9.17) is 23.7 Å². The van der Waals surface area contributed by atoms with Gasteiger partial charge in [0.1, 0.15) is 33.7 Å². The number of pyridine rings is 1. The van der Waals surface area contributed by atoms with Gasteiger partial charge in [-0.05, 0) is 40.2 Å². The summed E-state index contributed by atoms with van der Waals surface area (Å²) in [5.41, 5.74) is 1.47. The monoisotopic (exact) mass is 518 g/mol. The maximum absolute atomic E-state index is 13.2. The second-order valence-electron chi connectivity index (χ2n) is 7.67. The van der Waals surface area contributed by atoms with Crippen molar-refractivity contribution in [1.82, 2.24) is 4.98 Å². The fraction of sp³-hybridized carbons (Fsp3) is 0.417. The average Bonchev–Trinajstić information content (AvgIpc) is 3.36. The molecule has 3 heterocycles. The van der Waals surface area contributed by atoms with Crippen molar-refractivity contribution in [3.05, 3.63) is 52.1 Å². The van der Waals surface area contributed by atoms with E-state index in [1.54, 1.807) is 20.4 Å². The number of carbonyl (C=O) groups excluding carboxylic acids is 1. The van der Waals surface area contributed by atoms with Crippen LogP contribution in [0.25, 0.3) is 5.76 Å². The zero-order chi connectivity index (χ0) is 23.4. The summed E-state index contributed by atoms with van der Waals surface area (Å²) in [4.78, 5) is 19.9. The van der Waals surface area contributed by atoms with E-state index in [9.17, 15) is 4.79 Å². The van der Waals surface area contributed by atoms with Crippen molar-refractivity contribution in [3.63, 3.8) is 0 Å². The third kappa shape index (κ3) is 5.00. The van der Waals surface area contributed by atoms with Gasteiger partial charge in [0.15, 0.2) is 6.10 Å². The van der Waals surface area contributed by atoms with Crippen molar-refractivity contribution in [2.24, 2.45) is 0 Å². The minimum atomic E-state index is -0.761. The van der Waals surface area contributed by atoms with Crippen LogP contribution in [-0.2, 0) is 19.0 Å². The fourth-order valence-electron chi connectivity index (χ4n) is 3.95. The maximum Gasteiger partial charge on any atom is 0.206 e. The Kier molecular flexibility index (Phi) is 7.52. The number of aromatic nitrogens is 1. The summed E-state index contributed by atoms with van der Waals surface area (Å²) in [5, 5.41) is 0. The molecule has 8 nitrogen and oxygen atoms in total. The van der Waals surface area contributed by atoms with Crippen molar-refractivity contribution in [1.29, 1.82) is 0 Å². The summed E-state index contributed by atoms with van der Waals surface area (Å²) in [5.74, 6) is 2.55. The lowest BCUT2D eigenvalue weighted by Crippen LogP contribution is -2.36. The van der Waals surface area contributed by atoms with Gasteiger partial charge in [-0.2, -0.15) is 0 Å². The standard InChI is InChI=1S/C24H27BrN2O6/c1-29-19-12-16(13-20(30-2)22(19)25)17-5-6-18(33-17)23(28)24(31-3)15-4-7-21(26-14-15)27-8-10-32-11-9-27/h4-5,7,12-14,18,24H,6,8-11H2,1-3H3. The van der Waals surface area contributed by atoms with Crippen LogP contribution in [0.1, 0.15) is 23.7 Å². The molecule has 33 heavy (non-hydrogen) atoms. The smallest absolute Gasteiger partial charge is 0.206 e. The van der Waals surface area contributed by atoms with E-state index in [1.807, 2.05) is 30.3 Å². The van der Waals surface area contributed by atoms with E-state index in [1.165, 1.54) is 7.11 Å². The Bertz CT molecular complexity index is 995. The Morgan fingerprint density at radius 3 is 2.42 bits per heavy atom. The highest BCUT2D eigenvalue weighted by Gasteiger charge is 2.33. The molecule has 0 radical (unpaired) electrons. The summed E-state index contributed by atoms with van der Waals surface area (Å²) in [6.45, 7) is 2.98. The van der Waals surface area contributed by atoms with Gasteiger partial charge in [0.2, 0.25) is 5.78 Å². The van der Waals surface area contributed by atoms with Crippen molar-refractivity contribution in [3.8, 4) is 11.5 Å². The molecular weight excluding hydrogens is 492 g/mol. The van der Waals surface area contributed by atoms with Crippen LogP contribution in [-0.4, -0.2) is 64.5 Å². The first-order chi connectivity index (χ1) is 16.0. The Balaban J connectivity index is 1.46. The summed E-state index contributed by atoms with van der Waals surface area (Å²) < 4.78 is 28.5. The van der Waals surface area contributed by atoms with Gasteiger partial charge in [-0.15, -0.1) is 0 Å². The van der Waals surface area contributed by atoms with E-state index >= 15 is 0 Å². The van der Waals surface area contributed by atoms with Crippen LogP contribution in [0.2, 0.25) is 0 Å². The molecule has 9 heteroatoms. The number of ketones is 1. The molecule has 2 unspecified atom stereocenters. The summed E-state index contributed by atoms with van der Waals surface area (Å²) in [7, 11) is 4.69. The van der Waals surface area contributed by atoms with E-state index in [2.05, 4.69) is 25.8 Å². The molecule has 4 rings (SSSR count). The van der Waals surface area contributed by atoms with Gasteiger partial charge in [0, 0.05) is 43.9 Å². The molecule has 1 aromatic heterocycles. The minimum Gasteiger partial charge on any atom is -0.495 e. The van der Waals surface area contributed by atoms with Gasteiger partial charge in [-0.1, -0.05) is 6.07 Å². The van der Waals surface area contributed by atoms with Gasteiger partial charge in [0.25, 0.3) is 0 Å². The number of carbonyl (C=O) groups is 1. The Hall–Kier alpha value is -2.62. The second kappa shape index (κ2) is 10.5. The fourth-order valence-corrected chi connectivity index (χ4v) is 4.51. The largest absolute Gasteiger partial charge is 0.495 e. The summed E-state index contributed by atoms with van der Waals surface area (Å²) in [6, 6.07) is 7.48. The minimum absolute atomic E-state index is 0.152.